The molecular formula is C25H20N4O2S. The van der Waals surface area contributed by atoms with Crippen molar-refractivity contribution in [2.75, 3.05) is 29.9 Å². The number of aromatic nitrogens is 1. The SMILES string of the molecule is C=CC(=O)N1CCc2cccc(-c3ccc4c(ccc5sc6c(c54)NCCNC6=O)n3)c21. The number of carbonyl (C=O) groups excluding carboxylic acids is 2. The van der Waals surface area contributed by atoms with Crippen LogP contribution in [-0.2, 0) is 11.2 Å². The van der Waals surface area contributed by atoms with Crippen LogP contribution in [-0.4, -0.2) is 36.4 Å². The van der Waals surface area contributed by atoms with Gasteiger partial charge in [-0.1, -0.05) is 24.8 Å². The van der Waals surface area contributed by atoms with Crippen LogP contribution in [0.2, 0.25) is 0 Å². The molecule has 0 saturated carbocycles. The molecule has 0 atom stereocenters. The number of nitrogens with zero attached hydrogens (tertiary/aromatic N) is 2. The normalized spacial score (nSPS) is 15.1. The monoisotopic (exact) mass is 440 g/mol. The Kier molecular flexibility index (Phi) is 4.26. The molecule has 4 heterocycles. The van der Waals surface area contributed by atoms with Crippen LogP contribution >= 0.6 is 11.3 Å². The highest BCUT2D eigenvalue weighted by Crippen LogP contribution is 2.42. The predicted octanol–water partition coefficient (Wildman–Crippen LogP) is 4.35. The lowest BCUT2D eigenvalue weighted by atomic mass is 10.0. The number of hydrogen-bond donors (Lipinski definition) is 2. The highest BCUT2D eigenvalue weighted by atomic mass is 32.1. The van der Waals surface area contributed by atoms with Gasteiger partial charge in [0.15, 0.2) is 0 Å². The number of amides is 2. The Hall–Kier alpha value is -3.71. The molecule has 7 heteroatoms. The van der Waals surface area contributed by atoms with E-state index < -0.39 is 0 Å². The van der Waals surface area contributed by atoms with E-state index in [2.05, 4.69) is 29.3 Å². The lowest BCUT2D eigenvalue weighted by Gasteiger charge is -2.19. The van der Waals surface area contributed by atoms with Crippen molar-refractivity contribution < 1.29 is 9.59 Å². The van der Waals surface area contributed by atoms with E-state index in [1.165, 1.54) is 17.4 Å². The van der Waals surface area contributed by atoms with Crippen LogP contribution in [0.15, 0.2) is 55.1 Å². The minimum Gasteiger partial charge on any atom is -0.381 e. The molecule has 0 radical (unpaired) electrons. The van der Waals surface area contributed by atoms with E-state index in [9.17, 15) is 9.59 Å². The topological polar surface area (TPSA) is 74.3 Å². The average Bonchev–Trinajstić information content (AvgIpc) is 3.38. The van der Waals surface area contributed by atoms with Crippen molar-refractivity contribution in [3.8, 4) is 11.3 Å². The molecule has 0 spiro atoms. The molecule has 6 nitrogen and oxygen atoms in total. The summed E-state index contributed by atoms with van der Waals surface area (Å²) in [5, 5.41) is 8.41. The average molecular weight is 441 g/mol. The van der Waals surface area contributed by atoms with Gasteiger partial charge in [0.05, 0.1) is 22.6 Å². The summed E-state index contributed by atoms with van der Waals surface area (Å²) in [6, 6.07) is 14.2. The number of nitrogens with one attached hydrogen (secondary N) is 2. The van der Waals surface area contributed by atoms with E-state index >= 15 is 0 Å². The van der Waals surface area contributed by atoms with Gasteiger partial charge in [-0.3, -0.25) is 9.59 Å². The van der Waals surface area contributed by atoms with Gasteiger partial charge in [-0.25, -0.2) is 4.98 Å². The maximum atomic E-state index is 12.5. The first kappa shape index (κ1) is 19.0. The van der Waals surface area contributed by atoms with Crippen LogP contribution in [0.3, 0.4) is 0 Å². The fourth-order valence-corrected chi connectivity index (χ4v) is 5.83. The summed E-state index contributed by atoms with van der Waals surface area (Å²) in [7, 11) is 0. The summed E-state index contributed by atoms with van der Waals surface area (Å²) in [5.74, 6) is -0.125. The third-order valence-corrected chi connectivity index (χ3v) is 7.31. The molecular weight excluding hydrogens is 420 g/mol. The van der Waals surface area contributed by atoms with Crippen LogP contribution in [0.5, 0.6) is 0 Å². The van der Waals surface area contributed by atoms with Gasteiger partial charge < -0.3 is 15.5 Å². The van der Waals surface area contributed by atoms with E-state index in [-0.39, 0.29) is 11.8 Å². The second kappa shape index (κ2) is 7.17. The van der Waals surface area contributed by atoms with Gasteiger partial charge in [0, 0.05) is 40.7 Å². The first-order chi connectivity index (χ1) is 15.7. The van der Waals surface area contributed by atoms with Crippen molar-refractivity contribution in [2.24, 2.45) is 0 Å². The molecule has 2 aliphatic heterocycles. The lowest BCUT2D eigenvalue weighted by molar-refractivity contribution is -0.114. The van der Waals surface area contributed by atoms with Gasteiger partial charge in [0.2, 0.25) is 5.91 Å². The van der Waals surface area contributed by atoms with Gasteiger partial charge >= 0.3 is 0 Å². The molecule has 32 heavy (non-hydrogen) atoms. The van der Waals surface area contributed by atoms with E-state index in [0.717, 1.165) is 55.6 Å². The van der Waals surface area contributed by atoms with E-state index in [0.29, 0.717) is 24.5 Å². The van der Waals surface area contributed by atoms with Crippen LogP contribution < -0.4 is 15.5 Å². The van der Waals surface area contributed by atoms with Gasteiger partial charge in [-0.05, 0) is 42.3 Å². The maximum Gasteiger partial charge on any atom is 0.263 e. The van der Waals surface area contributed by atoms with Gasteiger partial charge in [-0.15, -0.1) is 11.3 Å². The number of hydrogen-bond acceptors (Lipinski definition) is 5. The molecule has 0 unspecified atom stereocenters. The van der Waals surface area contributed by atoms with Crippen LogP contribution in [0.25, 0.3) is 32.2 Å². The molecule has 2 aromatic heterocycles. The summed E-state index contributed by atoms with van der Waals surface area (Å²) in [4.78, 5) is 32.4. The predicted molar refractivity (Wildman–Crippen MR) is 130 cm³/mol. The number of fused-ring (bicyclic) bond motifs is 6. The number of pyridine rings is 1. The first-order valence-corrected chi connectivity index (χ1v) is 11.4. The summed E-state index contributed by atoms with van der Waals surface area (Å²) < 4.78 is 1.06. The molecule has 2 aliphatic rings. The van der Waals surface area contributed by atoms with Crippen molar-refractivity contribution in [1.82, 2.24) is 10.3 Å². The molecule has 4 aromatic rings. The molecule has 6 rings (SSSR count). The van der Waals surface area contributed by atoms with Crippen LogP contribution in [0.4, 0.5) is 11.4 Å². The lowest BCUT2D eigenvalue weighted by Crippen LogP contribution is -2.27. The van der Waals surface area contributed by atoms with Gasteiger partial charge in [-0.2, -0.15) is 0 Å². The molecule has 0 fully saturated rings. The van der Waals surface area contributed by atoms with Crippen molar-refractivity contribution in [3.63, 3.8) is 0 Å². The Labute approximate surface area is 188 Å². The summed E-state index contributed by atoms with van der Waals surface area (Å²) >= 11 is 1.50. The van der Waals surface area contributed by atoms with Crippen molar-refractivity contribution in [2.45, 2.75) is 6.42 Å². The second-order valence-electron chi connectivity index (χ2n) is 7.95. The van der Waals surface area contributed by atoms with Crippen molar-refractivity contribution in [1.29, 1.82) is 0 Å². The minimum atomic E-state index is -0.0935. The Balaban J connectivity index is 1.54. The fourth-order valence-electron chi connectivity index (χ4n) is 4.72. The maximum absolute atomic E-state index is 12.5. The molecule has 2 aromatic carbocycles. The Bertz CT molecular complexity index is 1460. The number of anilines is 2. The molecule has 2 N–H and O–H groups in total. The standard InChI is InChI=1S/C25H20N4O2S/c1-2-20(30)29-13-10-14-4-3-5-16(23(14)29)18-7-6-15-17(28-18)8-9-19-21(15)22-24(32-19)25(31)27-12-11-26-22/h2-9,26H,1,10-13H2,(H,27,31). The first-order valence-electron chi connectivity index (χ1n) is 10.6. The zero-order valence-corrected chi connectivity index (χ0v) is 18.1. The third-order valence-electron chi connectivity index (χ3n) is 6.15. The largest absolute Gasteiger partial charge is 0.381 e. The number of carbonyl (C=O) groups is 2. The zero-order chi connectivity index (χ0) is 21.8. The molecule has 0 aliphatic carbocycles. The van der Waals surface area contributed by atoms with Crippen molar-refractivity contribution in [3.05, 3.63) is 65.6 Å². The minimum absolute atomic E-state index is 0.0317. The highest BCUT2D eigenvalue weighted by Gasteiger charge is 2.27. The second-order valence-corrected chi connectivity index (χ2v) is 9.00. The Morgan fingerprint density at radius 3 is 2.88 bits per heavy atom. The molecule has 158 valence electrons. The van der Waals surface area contributed by atoms with Crippen molar-refractivity contribution >= 4 is 55.5 Å². The van der Waals surface area contributed by atoms with Crippen LogP contribution in [0.1, 0.15) is 15.2 Å². The number of rotatable bonds is 2. The van der Waals surface area contributed by atoms with E-state index in [1.807, 2.05) is 30.3 Å². The molecule has 0 bridgehead atoms. The van der Waals surface area contributed by atoms with Gasteiger partial charge in [0.25, 0.3) is 5.91 Å². The Morgan fingerprint density at radius 1 is 1.12 bits per heavy atom. The third kappa shape index (κ3) is 2.74. The van der Waals surface area contributed by atoms with E-state index in [1.54, 1.807) is 4.90 Å². The number of benzene rings is 2. The summed E-state index contributed by atoms with van der Waals surface area (Å²) in [5.41, 5.74) is 5.59. The quantitative estimate of drug-likeness (QED) is 0.455. The fraction of sp³-hybridized carbons (Fsp3) is 0.160. The highest BCUT2D eigenvalue weighted by molar-refractivity contribution is 7.21. The molecule has 2 amide bonds. The Morgan fingerprint density at radius 2 is 2.00 bits per heavy atom. The number of para-hydroxylation sites is 1. The summed E-state index contributed by atoms with van der Waals surface area (Å²) in [6.45, 7) is 5.60. The zero-order valence-electron chi connectivity index (χ0n) is 17.3. The van der Waals surface area contributed by atoms with E-state index in [4.69, 9.17) is 4.98 Å². The van der Waals surface area contributed by atoms with Gasteiger partial charge in [0.1, 0.15) is 4.88 Å². The van der Waals surface area contributed by atoms with Crippen LogP contribution in [0, 0.1) is 0 Å². The smallest absolute Gasteiger partial charge is 0.263 e. The summed E-state index contributed by atoms with van der Waals surface area (Å²) in [6.07, 6.45) is 2.19. The molecule has 0 saturated heterocycles. The number of thiophene rings is 1.